The maximum Gasteiger partial charge on any atom is 0.269 e. The highest BCUT2D eigenvalue weighted by Gasteiger charge is 2.20. The SMILES string of the molecule is CN(C)CC=CC(=O)Nc1ccc(C(=O)Nc2cccc(Nc3nc(-c4cnc5c(ccn5S(=O)(=O)c5ccccc5)c4)c4sccc4n3)c2)cc1. The molecule has 0 aliphatic carbocycles. The number of nitrogens with zero attached hydrogens (tertiary/aromatic N) is 5. The molecule has 7 aromatic rings. The van der Waals surface area contributed by atoms with Crippen LogP contribution < -0.4 is 16.0 Å². The minimum absolute atomic E-state index is 0.175. The number of amides is 2. The van der Waals surface area contributed by atoms with Crippen molar-refractivity contribution in [1.29, 1.82) is 0 Å². The summed E-state index contributed by atoms with van der Waals surface area (Å²) >= 11 is 1.50. The molecule has 260 valence electrons. The number of likely N-dealkylation sites (N-methyl/N-ethyl adjacent to an activating group) is 1. The Bertz CT molecular complexity index is 2560. The zero-order chi connectivity index (χ0) is 36.2. The summed E-state index contributed by atoms with van der Waals surface area (Å²) in [4.78, 5) is 41.4. The Morgan fingerprint density at radius 3 is 2.44 bits per heavy atom. The second-order valence-electron chi connectivity index (χ2n) is 12.0. The summed E-state index contributed by atoms with van der Waals surface area (Å²) < 4.78 is 28.7. The van der Waals surface area contributed by atoms with E-state index in [0.29, 0.717) is 57.4 Å². The summed E-state index contributed by atoms with van der Waals surface area (Å²) in [7, 11) is 0.00948. The van der Waals surface area contributed by atoms with Crippen LogP contribution in [0.15, 0.2) is 132 Å². The molecular formula is C38H32N8O4S2. The molecule has 2 amide bonds. The van der Waals surface area contributed by atoms with Crippen molar-refractivity contribution in [2.75, 3.05) is 36.6 Å². The third-order valence-electron chi connectivity index (χ3n) is 7.90. The van der Waals surface area contributed by atoms with Crippen LogP contribution in [0.2, 0.25) is 0 Å². The van der Waals surface area contributed by atoms with Crippen LogP contribution in [0.4, 0.5) is 23.0 Å². The first-order valence-electron chi connectivity index (χ1n) is 16.1. The fourth-order valence-corrected chi connectivity index (χ4v) is 7.58. The highest BCUT2D eigenvalue weighted by Crippen LogP contribution is 2.34. The molecule has 3 N–H and O–H groups in total. The Morgan fingerprint density at radius 2 is 1.65 bits per heavy atom. The summed E-state index contributed by atoms with van der Waals surface area (Å²) in [6.07, 6.45) is 6.37. The Morgan fingerprint density at radius 1 is 0.865 bits per heavy atom. The molecule has 0 radical (unpaired) electrons. The number of pyridine rings is 1. The molecule has 52 heavy (non-hydrogen) atoms. The molecule has 0 unspecified atom stereocenters. The summed E-state index contributed by atoms with van der Waals surface area (Å²) in [6.45, 7) is 0.651. The van der Waals surface area contributed by atoms with E-state index in [0.717, 1.165) is 10.2 Å². The summed E-state index contributed by atoms with van der Waals surface area (Å²) in [5.41, 5.74) is 4.60. The zero-order valence-corrected chi connectivity index (χ0v) is 29.7. The molecular weight excluding hydrogens is 697 g/mol. The van der Waals surface area contributed by atoms with Crippen LogP contribution in [0.5, 0.6) is 0 Å². The molecule has 0 bridgehead atoms. The quantitative estimate of drug-likeness (QED) is 0.120. The highest BCUT2D eigenvalue weighted by molar-refractivity contribution is 7.90. The summed E-state index contributed by atoms with van der Waals surface area (Å²) in [5.74, 6) is -0.225. The zero-order valence-electron chi connectivity index (χ0n) is 28.0. The number of benzene rings is 3. The van der Waals surface area contributed by atoms with Crippen LogP contribution in [0.3, 0.4) is 0 Å². The van der Waals surface area contributed by atoms with Gasteiger partial charge < -0.3 is 20.9 Å². The van der Waals surface area contributed by atoms with Gasteiger partial charge in [-0.3, -0.25) is 9.59 Å². The second-order valence-corrected chi connectivity index (χ2v) is 14.7. The first-order valence-corrected chi connectivity index (χ1v) is 18.4. The predicted octanol–water partition coefficient (Wildman–Crippen LogP) is 7.00. The molecule has 0 saturated carbocycles. The van der Waals surface area contributed by atoms with Crippen molar-refractivity contribution in [3.8, 4) is 11.3 Å². The molecule has 0 fully saturated rings. The van der Waals surface area contributed by atoms with E-state index in [1.807, 2.05) is 42.6 Å². The lowest BCUT2D eigenvalue weighted by atomic mass is 10.1. The Kier molecular flexibility index (Phi) is 9.59. The van der Waals surface area contributed by atoms with E-state index in [1.54, 1.807) is 91.1 Å². The number of thiophene rings is 1. The summed E-state index contributed by atoms with van der Waals surface area (Å²) in [6, 6.07) is 27.6. The monoisotopic (exact) mass is 728 g/mol. The fraction of sp³-hybridized carbons (Fsp3) is 0.0789. The summed E-state index contributed by atoms with van der Waals surface area (Å²) in [5, 5.41) is 11.5. The lowest BCUT2D eigenvalue weighted by Gasteiger charge is -2.11. The van der Waals surface area contributed by atoms with E-state index >= 15 is 0 Å². The molecule has 7 rings (SSSR count). The van der Waals surface area contributed by atoms with Crippen LogP contribution in [0, 0.1) is 0 Å². The van der Waals surface area contributed by atoms with E-state index in [1.165, 1.54) is 27.6 Å². The van der Waals surface area contributed by atoms with Gasteiger partial charge in [-0.2, -0.15) is 0 Å². The topological polar surface area (TPSA) is 151 Å². The average molecular weight is 729 g/mol. The van der Waals surface area contributed by atoms with Gasteiger partial charge in [0.25, 0.3) is 15.9 Å². The number of hydrogen-bond acceptors (Lipinski definition) is 10. The Hall–Kier alpha value is -6.22. The minimum atomic E-state index is -3.83. The van der Waals surface area contributed by atoms with Crippen molar-refractivity contribution >= 4 is 77.4 Å². The fourth-order valence-electron chi connectivity index (χ4n) is 5.41. The lowest BCUT2D eigenvalue weighted by molar-refractivity contribution is -0.111. The van der Waals surface area contributed by atoms with E-state index in [-0.39, 0.29) is 16.7 Å². The molecule has 0 atom stereocenters. The van der Waals surface area contributed by atoms with Crippen LogP contribution in [0.25, 0.3) is 32.5 Å². The molecule has 14 heteroatoms. The minimum Gasteiger partial charge on any atom is -0.324 e. The first-order chi connectivity index (χ1) is 25.1. The third-order valence-corrected chi connectivity index (χ3v) is 10.5. The van der Waals surface area contributed by atoms with Gasteiger partial charge in [-0.25, -0.2) is 27.3 Å². The van der Waals surface area contributed by atoms with Gasteiger partial charge in [0.05, 0.1) is 20.8 Å². The van der Waals surface area contributed by atoms with E-state index in [4.69, 9.17) is 9.97 Å². The van der Waals surface area contributed by atoms with Gasteiger partial charge in [-0.15, -0.1) is 11.3 Å². The maximum absolute atomic E-state index is 13.3. The standard InChI is InChI=1S/C38H32N8O4S2/c1-45(2)19-7-12-33(47)40-28-15-13-25(14-16-28)37(48)41-29-8-6-9-30(23-29)42-38-43-32-18-21-51-35(32)34(44-38)27-22-26-17-20-46(36(26)39-24-27)52(49,50)31-10-4-3-5-11-31/h3-18,20-24H,19H2,1-2H3,(H,40,47)(H,41,48)(H,42,43,44). The van der Waals surface area contributed by atoms with Crippen molar-refractivity contribution in [3.05, 3.63) is 133 Å². The van der Waals surface area contributed by atoms with E-state index < -0.39 is 10.0 Å². The third kappa shape index (κ3) is 7.44. The number of aromatic nitrogens is 4. The maximum atomic E-state index is 13.3. The smallest absolute Gasteiger partial charge is 0.269 e. The average Bonchev–Trinajstić information content (AvgIpc) is 3.79. The van der Waals surface area contributed by atoms with Crippen LogP contribution in [-0.4, -0.2) is 64.7 Å². The van der Waals surface area contributed by atoms with E-state index in [9.17, 15) is 18.0 Å². The Labute approximate surface area is 303 Å². The Balaban J connectivity index is 1.08. The van der Waals surface area contributed by atoms with Crippen LogP contribution >= 0.6 is 11.3 Å². The van der Waals surface area contributed by atoms with Gasteiger partial charge in [-0.1, -0.05) is 30.3 Å². The van der Waals surface area contributed by atoms with Crippen molar-refractivity contribution in [1.82, 2.24) is 23.8 Å². The number of carbonyl (C=O) groups is 2. The normalized spacial score (nSPS) is 11.8. The van der Waals surface area contributed by atoms with Crippen molar-refractivity contribution in [3.63, 3.8) is 0 Å². The first kappa shape index (κ1) is 34.2. The van der Waals surface area contributed by atoms with E-state index in [2.05, 4.69) is 20.9 Å². The van der Waals surface area contributed by atoms with Crippen molar-refractivity contribution in [2.24, 2.45) is 0 Å². The molecule has 4 heterocycles. The number of nitrogens with one attached hydrogen (secondary N) is 3. The van der Waals surface area contributed by atoms with Gasteiger partial charge in [-0.05, 0) is 92.3 Å². The predicted molar refractivity (Wildman–Crippen MR) is 206 cm³/mol. The van der Waals surface area contributed by atoms with Gasteiger partial charge in [0.2, 0.25) is 11.9 Å². The van der Waals surface area contributed by atoms with Gasteiger partial charge >= 0.3 is 0 Å². The molecule has 4 aromatic heterocycles. The molecule has 0 aliphatic heterocycles. The second kappa shape index (κ2) is 14.6. The van der Waals surface area contributed by atoms with Crippen LogP contribution in [-0.2, 0) is 14.8 Å². The molecule has 0 aliphatic rings. The van der Waals surface area contributed by atoms with Gasteiger partial charge in [0, 0.05) is 58.6 Å². The number of rotatable bonds is 11. The van der Waals surface area contributed by atoms with Gasteiger partial charge in [0.15, 0.2) is 5.65 Å². The van der Waals surface area contributed by atoms with Crippen LogP contribution in [0.1, 0.15) is 10.4 Å². The van der Waals surface area contributed by atoms with Crippen molar-refractivity contribution in [2.45, 2.75) is 4.90 Å². The van der Waals surface area contributed by atoms with Crippen molar-refractivity contribution < 1.29 is 18.0 Å². The molecule has 12 nitrogen and oxygen atoms in total. The largest absolute Gasteiger partial charge is 0.324 e. The lowest BCUT2D eigenvalue weighted by Crippen LogP contribution is -2.13. The van der Waals surface area contributed by atoms with Gasteiger partial charge in [0.1, 0.15) is 0 Å². The number of anilines is 4. The number of hydrogen-bond donors (Lipinski definition) is 3. The highest BCUT2D eigenvalue weighted by atomic mass is 32.2. The molecule has 0 saturated heterocycles. The molecule has 0 spiro atoms. The number of fused-ring (bicyclic) bond motifs is 2. The number of carbonyl (C=O) groups excluding carboxylic acids is 2. The molecule has 3 aromatic carbocycles.